The zero-order valence-electron chi connectivity index (χ0n) is 17.7. The van der Waals surface area contributed by atoms with E-state index in [9.17, 15) is 4.79 Å². The second-order valence-corrected chi connectivity index (χ2v) is 8.11. The molecule has 1 heterocycles. The molecular formula is C26H26N2O2. The number of hydrogen-bond donors (Lipinski definition) is 2. The number of carbonyl (C=O) groups excluding carboxylic acids is 1. The number of carbonyl (C=O) groups is 1. The SMILES string of the molecule is COc1ccccc1-c1ccc2c(c1C(=O)Nc1ccccc1)C(C)=CC(C)(C)N2. The summed E-state index contributed by atoms with van der Waals surface area (Å²) in [5.74, 6) is 0.588. The topological polar surface area (TPSA) is 50.4 Å². The molecule has 30 heavy (non-hydrogen) atoms. The predicted molar refractivity (Wildman–Crippen MR) is 124 cm³/mol. The maximum Gasteiger partial charge on any atom is 0.256 e. The van der Waals surface area contributed by atoms with Gasteiger partial charge in [0.2, 0.25) is 0 Å². The third-order valence-electron chi connectivity index (χ3n) is 5.29. The summed E-state index contributed by atoms with van der Waals surface area (Å²) < 4.78 is 5.59. The molecule has 1 aliphatic heterocycles. The first-order valence-corrected chi connectivity index (χ1v) is 10.0. The van der Waals surface area contributed by atoms with Crippen LogP contribution in [-0.4, -0.2) is 18.6 Å². The summed E-state index contributed by atoms with van der Waals surface area (Å²) in [6.07, 6.45) is 2.17. The van der Waals surface area contributed by atoms with Crippen molar-refractivity contribution in [2.45, 2.75) is 26.3 Å². The minimum absolute atomic E-state index is 0.145. The van der Waals surface area contributed by atoms with Crippen molar-refractivity contribution in [1.29, 1.82) is 0 Å². The fourth-order valence-corrected chi connectivity index (χ4v) is 4.16. The summed E-state index contributed by atoms with van der Waals surface area (Å²) in [4.78, 5) is 13.6. The fraction of sp³-hybridized carbons (Fsp3) is 0.192. The van der Waals surface area contributed by atoms with Gasteiger partial charge in [0, 0.05) is 22.5 Å². The molecule has 2 N–H and O–H groups in total. The second kappa shape index (κ2) is 7.71. The molecule has 1 aliphatic rings. The summed E-state index contributed by atoms with van der Waals surface area (Å²) >= 11 is 0. The average Bonchev–Trinajstić information content (AvgIpc) is 2.72. The lowest BCUT2D eigenvalue weighted by molar-refractivity contribution is 0.102. The van der Waals surface area contributed by atoms with Gasteiger partial charge in [-0.25, -0.2) is 0 Å². The van der Waals surface area contributed by atoms with E-state index in [0.717, 1.165) is 39.4 Å². The molecule has 0 bridgehead atoms. The molecule has 0 spiro atoms. The molecular weight excluding hydrogens is 372 g/mol. The van der Waals surface area contributed by atoms with Crippen molar-refractivity contribution in [3.05, 3.63) is 83.9 Å². The summed E-state index contributed by atoms with van der Waals surface area (Å²) in [5.41, 5.74) is 5.89. The number of para-hydroxylation sites is 2. The number of benzene rings is 3. The molecule has 3 aromatic carbocycles. The number of allylic oxidation sites excluding steroid dienone is 1. The molecule has 0 atom stereocenters. The molecule has 0 aromatic heterocycles. The summed E-state index contributed by atoms with van der Waals surface area (Å²) in [6, 6.07) is 21.4. The first-order chi connectivity index (χ1) is 14.4. The second-order valence-electron chi connectivity index (χ2n) is 8.11. The van der Waals surface area contributed by atoms with Crippen molar-refractivity contribution in [2.24, 2.45) is 0 Å². The Labute approximate surface area is 177 Å². The van der Waals surface area contributed by atoms with Crippen LogP contribution in [0, 0.1) is 0 Å². The quantitative estimate of drug-likeness (QED) is 0.548. The van der Waals surface area contributed by atoms with Gasteiger partial charge in [-0.2, -0.15) is 0 Å². The Morgan fingerprint density at radius 2 is 1.63 bits per heavy atom. The van der Waals surface area contributed by atoms with Gasteiger partial charge in [0.05, 0.1) is 18.2 Å². The van der Waals surface area contributed by atoms with Crippen LogP contribution < -0.4 is 15.4 Å². The third kappa shape index (κ3) is 3.69. The molecule has 0 fully saturated rings. The third-order valence-corrected chi connectivity index (χ3v) is 5.29. The number of ether oxygens (including phenoxy) is 1. The van der Waals surface area contributed by atoms with E-state index < -0.39 is 0 Å². The Kier molecular flexibility index (Phi) is 5.08. The highest BCUT2D eigenvalue weighted by atomic mass is 16.5. The molecule has 0 saturated heterocycles. The van der Waals surface area contributed by atoms with Gasteiger partial charge in [-0.05, 0) is 56.2 Å². The van der Waals surface area contributed by atoms with Crippen molar-refractivity contribution in [3.63, 3.8) is 0 Å². The molecule has 152 valence electrons. The summed E-state index contributed by atoms with van der Waals surface area (Å²) in [6.45, 7) is 6.31. The van der Waals surface area contributed by atoms with E-state index in [1.807, 2.05) is 60.7 Å². The van der Waals surface area contributed by atoms with E-state index in [1.54, 1.807) is 7.11 Å². The van der Waals surface area contributed by atoms with Crippen molar-refractivity contribution in [1.82, 2.24) is 0 Å². The number of hydrogen-bond acceptors (Lipinski definition) is 3. The molecule has 3 aromatic rings. The highest BCUT2D eigenvalue weighted by molar-refractivity contribution is 6.14. The zero-order chi connectivity index (χ0) is 21.3. The zero-order valence-corrected chi connectivity index (χ0v) is 17.7. The molecule has 4 heteroatoms. The van der Waals surface area contributed by atoms with Crippen LogP contribution in [0.2, 0.25) is 0 Å². The van der Waals surface area contributed by atoms with Gasteiger partial charge in [-0.15, -0.1) is 0 Å². The normalized spacial score (nSPS) is 14.2. The lowest BCUT2D eigenvalue weighted by Gasteiger charge is -2.33. The van der Waals surface area contributed by atoms with E-state index in [-0.39, 0.29) is 11.4 Å². The van der Waals surface area contributed by atoms with Crippen LogP contribution in [0.1, 0.15) is 36.7 Å². The monoisotopic (exact) mass is 398 g/mol. The molecule has 0 saturated carbocycles. The maximum atomic E-state index is 13.6. The van der Waals surface area contributed by atoms with Crippen LogP contribution in [0.3, 0.4) is 0 Å². The van der Waals surface area contributed by atoms with Gasteiger partial charge in [0.25, 0.3) is 5.91 Å². The molecule has 0 unspecified atom stereocenters. The van der Waals surface area contributed by atoms with Crippen LogP contribution in [0.4, 0.5) is 11.4 Å². The van der Waals surface area contributed by atoms with Crippen molar-refractivity contribution < 1.29 is 9.53 Å². The number of rotatable bonds is 4. The van der Waals surface area contributed by atoms with Gasteiger partial charge in [-0.1, -0.05) is 48.5 Å². The minimum atomic E-state index is -0.184. The van der Waals surface area contributed by atoms with Crippen LogP contribution in [0.15, 0.2) is 72.8 Å². The Morgan fingerprint density at radius 3 is 2.37 bits per heavy atom. The van der Waals surface area contributed by atoms with E-state index in [2.05, 4.69) is 43.5 Å². The van der Waals surface area contributed by atoms with Gasteiger partial charge >= 0.3 is 0 Å². The fourth-order valence-electron chi connectivity index (χ4n) is 4.16. The highest BCUT2D eigenvalue weighted by Crippen LogP contribution is 2.42. The van der Waals surface area contributed by atoms with Gasteiger partial charge < -0.3 is 15.4 Å². The first-order valence-electron chi connectivity index (χ1n) is 10.0. The van der Waals surface area contributed by atoms with Crippen molar-refractivity contribution in [2.75, 3.05) is 17.7 Å². The smallest absolute Gasteiger partial charge is 0.256 e. The van der Waals surface area contributed by atoms with E-state index in [4.69, 9.17) is 4.74 Å². The van der Waals surface area contributed by atoms with Gasteiger partial charge in [0.15, 0.2) is 0 Å². The van der Waals surface area contributed by atoms with Crippen LogP contribution in [-0.2, 0) is 0 Å². The standard InChI is InChI=1S/C26H26N2O2/c1-17-16-26(2,3)28-21-15-14-20(19-12-8-9-13-22(19)30-4)24(23(17)21)25(29)27-18-10-6-5-7-11-18/h5-16,28H,1-4H3,(H,27,29). The van der Waals surface area contributed by atoms with Crippen LogP contribution in [0.5, 0.6) is 5.75 Å². The Hall–Kier alpha value is -3.53. The molecule has 4 rings (SSSR count). The predicted octanol–water partition coefficient (Wildman–Crippen LogP) is 6.22. The lowest BCUT2D eigenvalue weighted by atomic mass is 9.84. The average molecular weight is 399 g/mol. The number of amides is 1. The van der Waals surface area contributed by atoms with Gasteiger partial charge in [0.1, 0.15) is 5.75 Å². The van der Waals surface area contributed by atoms with Gasteiger partial charge in [-0.3, -0.25) is 4.79 Å². The van der Waals surface area contributed by atoms with E-state index in [1.165, 1.54) is 0 Å². The summed E-state index contributed by atoms with van der Waals surface area (Å²) in [7, 11) is 1.65. The van der Waals surface area contributed by atoms with Crippen LogP contribution >= 0.6 is 0 Å². The number of methoxy groups -OCH3 is 1. The number of fused-ring (bicyclic) bond motifs is 1. The maximum absolute atomic E-state index is 13.6. The molecule has 0 radical (unpaired) electrons. The minimum Gasteiger partial charge on any atom is -0.496 e. The number of nitrogens with one attached hydrogen (secondary N) is 2. The molecule has 4 nitrogen and oxygen atoms in total. The Balaban J connectivity index is 1.93. The summed E-state index contributed by atoms with van der Waals surface area (Å²) in [5, 5.41) is 6.61. The first kappa shape index (κ1) is 19.8. The van der Waals surface area contributed by atoms with Crippen molar-refractivity contribution >= 4 is 22.9 Å². The largest absolute Gasteiger partial charge is 0.496 e. The Bertz CT molecular complexity index is 1130. The van der Waals surface area contributed by atoms with E-state index >= 15 is 0 Å². The van der Waals surface area contributed by atoms with Crippen molar-refractivity contribution in [3.8, 4) is 16.9 Å². The molecule has 1 amide bonds. The van der Waals surface area contributed by atoms with E-state index in [0.29, 0.717) is 5.56 Å². The number of anilines is 2. The Morgan fingerprint density at radius 1 is 0.933 bits per heavy atom. The molecule has 0 aliphatic carbocycles. The lowest BCUT2D eigenvalue weighted by Crippen LogP contribution is -2.32. The highest BCUT2D eigenvalue weighted by Gasteiger charge is 2.29. The van der Waals surface area contributed by atoms with Crippen LogP contribution in [0.25, 0.3) is 16.7 Å².